The lowest BCUT2D eigenvalue weighted by Crippen LogP contribution is -2.26. The Kier molecular flexibility index (Phi) is 4.11. The van der Waals surface area contributed by atoms with Gasteiger partial charge in [-0.3, -0.25) is 4.79 Å². The van der Waals surface area contributed by atoms with Crippen LogP contribution in [0.2, 0.25) is 10.0 Å². The third-order valence-corrected chi connectivity index (χ3v) is 4.51. The molecule has 126 valence electrons. The predicted molar refractivity (Wildman–Crippen MR) is 93.9 cm³/mol. The molecule has 0 spiro atoms. The highest BCUT2D eigenvalue weighted by Gasteiger charge is 2.36. The molecule has 1 amide bonds. The molecule has 1 aliphatic rings. The minimum Gasteiger partial charge on any atom is -0.467 e. The molecule has 0 N–H and O–H groups in total. The third-order valence-electron chi connectivity index (χ3n) is 3.96. The van der Waals surface area contributed by atoms with E-state index in [2.05, 4.69) is 5.10 Å². The number of carbonyl (C=O) groups is 1. The van der Waals surface area contributed by atoms with Crippen molar-refractivity contribution in [3.05, 3.63) is 82.1 Å². The van der Waals surface area contributed by atoms with E-state index in [-0.39, 0.29) is 17.7 Å². The van der Waals surface area contributed by atoms with Crippen molar-refractivity contribution in [2.75, 3.05) is 0 Å². The first-order valence-corrected chi connectivity index (χ1v) is 8.32. The van der Waals surface area contributed by atoms with Gasteiger partial charge in [-0.25, -0.2) is 5.01 Å². The molecule has 1 aliphatic heterocycles. The fourth-order valence-electron chi connectivity index (χ4n) is 2.80. The molecular weight excluding hydrogens is 363 g/mol. The van der Waals surface area contributed by atoms with Crippen LogP contribution in [0.5, 0.6) is 0 Å². The minimum atomic E-state index is -0.366. The Morgan fingerprint density at radius 1 is 1.12 bits per heavy atom. The highest BCUT2D eigenvalue weighted by Crippen LogP contribution is 2.36. The molecule has 2 aromatic heterocycles. The van der Waals surface area contributed by atoms with Gasteiger partial charge < -0.3 is 8.83 Å². The van der Waals surface area contributed by atoms with Crippen LogP contribution in [-0.4, -0.2) is 16.6 Å². The van der Waals surface area contributed by atoms with E-state index in [1.165, 1.54) is 11.3 Å². The van der Waals surface area contributed by atoms with Gasteiger partial charge in [0.2, 0.25) is 0 Å². The van der Waals surface area contributed by atoms with Gasteiger partial charge in [0.1, 0.15) is 11.8 Å². The van der Waals surface area contributed by atoms with Gasteiger partial charge in [0.25, 0.3) is 0 Å². The SMILES string of the molecule is O=C(c1ccco1)N1N=C(c2ccc(Cl)cc2Cl)C[C@H]1c1ccco1. The Morgan fingerprint density at radius 3 is 2.60 bits per heavy atom. The summed E-state index contributed by atoms with van der Waals surface area (Å²) in [7, 11) is 0. The van der Waals surface area contributed by atoms with E-state index in [0.717, 1.165) is 5.56 Å². The van der Waals surface area contributed by atoms with Crippen LogP contribution in [0.1, 0.15) is 34.3 Å². The van der Waals surface area contributed by atoms with Gasteiger partial charge in [0, 0.05) is 17.0 Å². The highest BCUT2D eigenvalue weighted by molar-refractivity contribution is 6.37. The summed E-state index contributed by atoms with van der Waals surface area (Å²) in [6.07, 6.45) is 3.49. The van der Waals surface area contributed by atoms with Gasteiger partial charge in [-0.2, -0.15) is 5.10 Å². The van der Waals surface area contributed by atoms with Crippen molar-refractivity contribution in [1.29, 1.82) is 0 Å². The summed E-state index contributed by atoms with van der Waals surface area (Å²) in [5, 5.41) is 6.89. The summed E-state index contributed by atoms with van der Waals surface area (Å²) in [4.78, 5) is 12.8. The number of carbonyl (C=O) groups excluding carboxylic acids is 1. The van der Waals surface area contributed by atoms with E-state index >= 15 is 0 Å². The number of rotatable bonds is 3. The molecule has 0 saturated heterocycles. The molecule has 25 heavy (non-hydrogen) atoms. The number of amides is 1. The average Bonchev–Trinajstić information content (AvgIpc) is 3.34. The van der Waals surface area contributed by atoms with Crippen LogP contribution >= 0.6 is 23.2 Å². The topological polar surface area (TPSA) is 59.0 Å². The molecule has 1 aromatic carbocycles. The second-order valence-corrected chi connectivity index (χ2v) is 6.38. The minimum absolute atomic E-state index is 0.212. The van der Waals surface area contributed by atoms with Crippen LogP contribution in [0.3, 0.4) is 0 Å². The Labute approximate surface area is 153 Å². The Balaban J connectivity index is 1.74. The second kappa shape index (κ2) is 6.43. The highest BCUT2D eigenvalue weighted by atomic mass is 35.5. The number of benzene rings is 1. The van der Waals surface area contributed by atoms with Crippen LogP contribution in [0.25, 0.3) is 0 Å². The Morgan fingerprint density at radius 2 is 1.92 bits per heavy atom. The molecule has 0 radical (unpaired) electrons. The molecule has 4 rings (SSSR count). The average molecular weight is 375 g/mol. The Bertz CT molecular complexity index is 933. The van der Waals surface area contributed by atoms with Crippen molar-refractivity contribution in [3.63, 3.8) is 0 Å². The summed E-state index contributed by atoms with van der Waals surface area (Å²) in [5.41, 5.74) is 1.42. The van der Waals surface area contributed by atoms with E-state index in [0.29, 0.717) is 27.9 Å². The summed E-state index contributed by atoms with van der Waals surface area (Å²) in [6, 6.07) is 11.7. The van der Waals surface area contributed by atoms with E-state index in [4.69, 9.17) is 32.0 Å². The molecule has 0 fully saturated rings. The van der Waals surface area contributed by atoms with Crippen molar-refractivity contribution < 1.29 is 13.6 Å². The molecule has 3 heterocycles. The third kappa shape index (κ3) is 2.97. The molecule has 0 unspecified atom stereocenters. The standard InChI is InChI=1S/C18H12Cl2N2O3/c19-11-5-6-12(13(20)9-11)14-10-15(16-3-1-7-24-16)22(21-14)18(23)17-4-2-8-25-17/h1-9,15H,10H2/t15-/m0/s1. The van der Waals surface area contributed by atoms with Gasteiger partial charge >= 0.3 is 5.91 Å². The quantitative estimate of drug-likeness (QED) is 0.635. The van der Waals surface area contributed by atoms with Crippen molar-refractivity contribution in [2.45, 2.75) is 12.5 Å². The lowest BCUT2D eigenvalue weighted by Gasteiger charge is -2.18. The zero-order chi connectivity index (χ0) is 17.4. The molecular formula is C18H12Cl2N2O3. The first kappa shape index (κ1) is 16.0. The van der Waals surface area contributed by atoms with Crippen LogP contribution < -0.4 is 0 Å². The fourth-order valence-corrected chi connectivity index (χ4v) is 3.32. The van der Waals surface area contributed by atoms with Gasteiger partial charge in [-0.05, 0) is 36.4 Å². The molecule has 0 saturated carbocycles. The normalized spacial score (nSPS) is 17.0. The molecule has 7 heteroatoms. The van der Waals surface area contributed by atoms with Gasteiger partial charge in [-0.15, -0.1) is 0 Å². The van der Waals surface area contributed by atoms with Crippen LogP contribution in [0, 0.1) is 0 Å². The van der Waals surface area contributed by atoms with Gasteiger partial charge in [-0.1, -0.05) is 29.3 Å². The van der Waals surface area contributed by atoms with E-state index in [1.54, 1.807) is 42.7 Å². The van der Waals surface area contributed by atoms with Crippen molar-refractivity contribution in [3.8, 4) is 0 Å². The monoisotopic (exact) mass is 374 g/mol. The Hall–Kier alpha value is -2.50. The van der Waals surface area contributed by atoms with Crippen LogP contribution in [0.4, 0.5) is 0 Å². The number of halogens is 2. The largest absolute Gasteiger partial charge is 0.467 e. The molecule has 3 aromatic rings. The van der Waals surface area contributed by atoms with Crippen molar-refractivity contribution in [2.24, 2.45) is 5.10 Å². The summed E-state index contributed by atoms with van der Waals surface area (Å²) in [6.45, 7) is 0. The number of nitrogens with zero attached hydrogens (tertiary/aromatic N) is 2. The predicted octanol–water partition coefficient (Wildman–Crippen LogP) is 5.17. The number of furan rings is 2. The van der Waals surface area contributed by atoms with Crippen molar-refractivity contribution in [1.82, 2.24) is 5.01 Å². The first-order chi connectivity index (χ1) is 12.1. The van der Waals surface area contributed by atoms with E-state index in [9.17, 15) is 4.79 Å². The fraction of sp³-hybridized carbons (Fsp3) is 0.111. The zero-order valence-corrected chi connectivity index (χ0v) is 14.4. The van der Waals surface area contributed by atoms with E-state index < -0.39 is 0 Å². The molecule has 1 atom stereocenters. The molecule has 5 nitrogen and oxygen atoms in total. The van der Waals surface area contributed by atoms with Gasteiger partial charge in [0.15, 0.2) is 5.76 Å². The van der Waals surface area contributed by atoms with Crippen LogP contribution in [-0.2, 0) is 0 Å². The lowest BCUT2D eigenvalue weighted by atomic mass is 10.0. The van der Waals surface area contributed by atoms with Crippen LogP contribution in [0.15, 0.2) is 68.9 Å². The smallest absolute Gasteiger partial charge is 0.310 e. The second-order valence-electron chi connectivity index (χ2n) is 5.53. The number of hydrogen-bond acceptors (Lipinski definition) is 4. The summed E-state index contributed by atoms with van der Waals surface area (Å²) >= 11 is 12.3. The summed E-state index contributed by atoms with van der Waals surface area (Å²) in [5.74, 6) is 0.513. The number of hydrazone groups is 1. The zero-order valence-electron chi connectivity index (χ0n) is 12.9. The maximum Gasteiger partial charge on any atom is 0.310 e. The maximum atomic E-state index is 12.8. The van der Waals surface area contributed by atoms with Gasteiger partial charge in [0.05, 0.1) is 23.3 Å². The summed E-state index contributed by atoms with van der Waals surface area (Å²) < 4.78 is 10.7. The maximum absolute atomic E-state index is 12.8. The number of hydrogen-bond donors (Lipinski definition) is 0. The first-order valence-electron chi connectivity index (χ1n) is 7.57. The van der Waals surface area contributed by atoms with E-state index in [1.807, 2.05) is 6.07 Å². The molecule has 0 aliphatic carbocycles. The molecule has 0 bridgehead atoms. The van der Waals surface area contributed by atoms with Crippen molar-refractivity contribution >= 4 is 34.8 Å². The lowest BCUT2D eigenvalue weighted by molar-refractivity contribution is 0.0660.